The van der Waals surface area contributed by atoms with E-state index in [0.29, 0.717) is 23.7 Å². The summed E-state index contributed by atoms with van der Waals surface area (Å²) in [4.78, 5) is 32.5. The van der Waals surface area contributed by atoms with Crippen molar-refractivity contribution in [1.82, 2.24) is 5.32 Å². The topological polar surface area (TPSA) is 83.0 Å². The maximum Gasteiger partial charge on any atom is 0.321 e. The van der Waals surface area contributed by atoms with Gasteiger partial charge in [0.1, 0.15) is 5.75 Å². The van der Waals surface area contributed by atoms with Crippen molar-refractivity contribution >= 4 is 29.0 Å². The number of urea groups is 1. The van der Waals surface area contributed by atoms with Gasteiger partial charge < -0.3 is 20.3 Å². The number of benzene rings is 3. The van der Waals surface area contributed by atoms with Gasteiger partial charge in [-0.1, -0.05) is 54.6 Å². The van der Waals surface area contributed by atoms with Crippen molar-refractivity contribution in [3.8, 4) is 5.75 Å². The fourth-order valence-corrected chi connectivity index (χ4v) is 3.67. The Morgan fingerprint density at radius 3 is 2.53 bits per heavy atom. The SMILES string of the molecule is CCN1C(=O)[C@@H](NC(=O)Nc2cccc(OC)c2)N=C(c2ccccc2)c2ccccc21. The summed E-state index contributed by atoms with van der Waals surface area (Å²) < 4.78 is 5.19. The first kappa shape index (κ1) is 21.1. The van der Waals surface area contributed by atoms with Crippen LogP contribution in [0.4, 0.5) is 16.2 Å². The third-order valence-corrected chi connectivity index (χ3v) is 5.17. The molecule has 2 N–H and O–H groups in total. The minimum Gasteiger partial charge on any atom is -0.497 e. The van der Waals surface area contributed by atoms with Crippen LogP contribution in [0, 0.1) is 0 Å². The number of aliphatic imine (C=N–C) groups is 1. The van der Waals surface area contributed by atoms with Crippen molar-refractivity contribution in [2.75, 3.05) is 23.9 Å². The fraction of sp³-hybridized carbons (Fsp3) is 0.160. The molecule has 1 heterocycles. The summed E-state index contributed by atoms with van der Waals surface area (Å²) in [5.41, 5.74) is 3.67. The van der Waals surface area contributed by atoms with E-state index in [1.165, 1.54) is 0 Å². The van der Waals surface area contributed by atoms with E-state index in [2.05, 4.69) is 10.6 Å². The highest BCUT2D eigenvalue weighted by Crippen LogP contribution is 2.28. The molecule has 1 aliphatic heterocycles. The Morgan fingerprint density at radius 1 is 1.03 bits per heavy atom. The Hall–Kier alpha value is -4.13. The molecule has 0 radical (unpaired) electrons. The molecule has 0 saturated carbocycles. The van der Waals surface area contributed by atoms with Gasteiger partial charge in [0, 0.05) is 29.4 Å². The van der Waals surface area contributed by atoms with E-state index >= 15 is 0 Å². The predicted octanol–water partition coefficient (Wildman–Crippen LogP) is 4.05. The van der Waals surface area contributed by atoms with Crippen molar-refractivity contribution in [3.05, 3.63) is 90.0 Å². The number of fused-ring (bicyclic) bond motifs is 1. The lowest BCUT2D eigenvalue weighted by Crippen LogP contribution is -2.48. The first-order valence-corrected chi connectivity index (χ1v) is 10.4. The molecule has 7 heteroatoms. The minimum absolute atomic E-state index is 0.299. The van der Waals surface area contributed by atoms with E-state index in [4.69, 9.17) is 9.73 Å². The monoisotopic (exact) mass is 428 g/mol. The van der Waals surface area contributed by atoms with E-state index < -0.39 is 12.2 Å². The number of rotatable bonds is 5. The number of hydrogen-bond donors (Lipinski definition) is 2. The number of anilines is 2. The zero-order valence-electron chi connectivity index (χ0n) is 17.9. The molecule has 7 nitrogen and oxygen atoms in total. The molecule has 1 atom stereocenters. The maximum absolute atomic E-state index is 13.4. The van der Waals surface area contributed by atoms with Gasteiger partial charge in [0.2, 0.25) is 6.17 Å². The zero-order chi connectivity index (χ0) is 22.5. The van der Waals surface area contributed by atoms with Crippen LogP contribution in [0.25, 0.3) is 0 Å². The average Bonchev–Trinajstić information content (AvgIpc) is 2.94. The highest BCUT2D eigenvalue weighted by molar-refractivity contribution is 6.20. The largest absolute Gasteiger partial charge is 0.497 e. The van der Waals surface area contributed by atoms with Crippen LogP contribution in [-0.2, 0) is 4.79 Å². The summed E-state index contributed by atoms with van der Waals surface area (Å²) in [6.45, 7) is 2.35. The normalized spacial score (nSPS) is 15.3. The molecule has 0 bridgehead atoms. The highest BCUT2D eigenvalue weighted by Gasteiger charge is 2.32. The summed E-state index contributed by atoms with van der Waals surface area (Å²) in [6, 6.07) is 23.7. The van der Waals surface area contributed by atoms with Gasteiger partial charge in [0.25, 0.3) is 5.91 Å². The Morgan fingerprint density at radius 2 is 1.78 bits per heavy atom. The van der Waals surface area contributed by atoms with Crippen molar-refractivity contribution in [2.24, 2.45) is 4.99 Å². The molecule has 0 unspecified atom stereocenters. The number of carbonyl (C=O) groups excluding carboxylic acids is 2. The minimum atomic E-state index is -1.08. The molecule has 0 fully saturated rings. The third kappa shape index (κ3) is 4.32. The number of nitrogens with one attached hydrogen (secondary N) is 2. The van der Waals surface area contributed by atoms with E-state index in [9.17, 15) is 9.59 Å². The number of amides is 3. The number of para-hydroxylation sites is 1. The van der Waals surface area contributed by atoms with Crippen LogP contribution in [0.1, 0.15) is 18.1 Å². The van der Waals surface area contributed by atoms with Crippen LogP contribution >= 0.6 is 0 Å². The van der Waals surface area contributed by atoms with E-state index in [1.54, 1.807) is 36.3 Å². The molecule has 3 aromatic rings. The van der Waals surface area contributed by atoms with Crippen molar-refractivity contribution in [2.45, 2.75) is 13.1 Å². The summed E-state index contributed by atoms with van der Waals surface area (Å²) in [5.74, 6) is 0.317. The molecule has 1 aliphatic rings. The molecule has 0 spiro atoms. The molecule has 0 saturated heterocycles. The first-order valence-electron chi connectivity index (χ1n) is 10.4. The number of carbonyl (C=O) groups is 2. The van der Waals surface area contributed by atoms with Crippen molar-refractivity contribution < 1.29 is 14.3 Å². The van der Waals surface area contributed by atoms with Crippen LogP contribution in [0.5, 0.6) is 5.75 Å². The Labute approximate surface area is 186 Å². The van der Waals surface area contributed by atoms with Crippen LogP contribution in [-0.4, -0.2) is 37.5 Å². The molecular weight excluding hydrogens is 404 g/mol. The van der Waals surface area contributed by atoms with Crippen LogP contribution in [0.3, 0.4) is 0 Å². The zero-order valence-corrected chi connectivity index (χ0v) is 17.9. The molecular formula is C25H24N4O3. The average molecular weight is 428 g/mol. The summed E-state index contributed by atoms with van der Waals surface area (Å²) in [5, 5.41) is 5.47. The second-order valence-corrected chi connectivity index (χ2v) is 7.18. The van der Waals surface area contributed by atoms with Gasteiger partial charge >= 0.3 is 6.03 Å². The van der Waals surface area contributed by atoms with Crippen LogP contribution in [0.2, 0.25) is 0 Å². The Kier molecular flexibility index (Phi) is 6.17. The fourth-order valence-electron chi connectivity index (χ4n) is 3.67. The summed E-state index contributed by atoms with van der Waals surface area (Å²) in [6.07, 6.45) is -1.08. The number of ether oxygens (including phenoxy) is 1. The Bertz CT molecular complexity index is 1160. The lowest BCUT2D eigenvalue weighted by molar-refractivity contribution is -0.120. The number of benzodiazepines with no additional fused rings is 1. The van der Waals surface area contributed by atoms with Crippen LogP contribution in [0.15, 0.2) is 83.9 Å². The van der Waals surface area contributed by atoms with Gasteiger partial charge in [0.15, 0.2) is 0 Å². The van der Waals surface area contributed by atoms with E-state index in [1.807, 2.05) is 61.5 Å². The summed E-state index contributed by atoms with van der Waals surface area (Å²) in [7, 11) is 1.56. The molecule has 162 valence electrons. The maximum atomic E-state index is 13.4. The van der Waals surface area contributed by atoms with Gasteiger partial charge in [0.05, 0.1) is 18.5 Å². The van der Waals surface area contributed by atoms with Crippen molar-refractivity contribution in [3.63, 3.8) is 0 Å². The van der Waals surface area contributed by atoms with E-state index in [0.717, 1.165) is 16.8 Å². The lowest BCUT2D eigenvalue weighted by atomic mass is 10.0. The highest BCUT2D eigenvalue weighted by atomic mass is 16.5. The standard InChI is InChI=1S/C25H24N4O3/c1-3-29-21-15-8-7-14-20(21)22(17-10-5-4-6-11-17)27-23(24(29)30)28-25(31)26-18-12-9-13-19(16-18)32-2/h4-16,23H,3H2,1-2H3,(H2,26,28,31)/t23-/m1/s1. The molecule has 0 aromatic heterocycles. The number of likely N-dealkylation sites (N-methyl/N-ethyl adjacent to an activating group) is 1. The summed E-state index contributed by atoms with van der Waals surface area (Å²) >= 11 is 0. The van der Waals surface area contributed by atoms with Crippen molar-refractivity contribution in [1.29, 1.82) is 0 Å². The number of nitrogens with zero attached hydrogens (tertiary/aromatic N) is 2. The Balaban J connectivity index is 1.69. The van der Waals surface area contributed by atoms with Crippen LogP contribution < -0.4 is 20.3 Å². The molecule has 32 heavy (non-hydrogen) atoms. The molecule has 3 amide bonds. The van der Waals surface area contributed by atoms with Gasteiger partial charge in [-0.15, -0.1) is 0 Å². The predicted molar refractivity (Wildman–Crippen MR) is 125 cm³/mol. The van der Waals surface area contributed by atoms with E-state index in [-0.39, 0.29) is 5.91 Å². The van der Waals surface area contributed by atoms with Gasteiger partial charge in [-0.25, -0.2) is 9.79 Å². The van der Waals surface area contributed by atoms with Gasteiger partial charge in [-0.3, -0.25) is 4.79 Å². The lowest BCUT2D eigenvalue weighted by Gasteiger charge is -2.24. The second kappa shape index (κ2) is 9.34. The molecule has 0 aliphatic carbocycles. The quantitative estimate of drug-likeness (QED) is 0.643. The van der Waals surface area contributed by atoms with Gasteiger partial charge in [-0.05, 0) is 25.1 Å². The number of methoxy groups -OCH3 is 1. The smallest absolute Gasteiger partial charge is 0.321 e. The van der Waals surface area contributed by atoms with Gasteiger partial charge in [-0.2, -0.15) is 0 Å². The molecule has 4 rings (SSSR count). The number of hydrogen-bond acceptors (Lipinski definition) is 4. The third-order valence-electron chi connectivity index (χ3n) is 5.17. The molecule has 3 aromatic carbocycles. The first-order chi connectivity index (χ1) is 15.6. The second-order valence-electron chi connectivity index (χ2n) is 7.18.